The van der Waals surface area contributed by atoms with Crippen LogP contribution < -0.4 is 5.73 Å². The Bertz CT molecular complexity index is 331. The monoisotopic (exact) mass is 268 g/mol. The summed E-state index contributed by atoms with van der Waals surface area (Å²) in [5, 5.41) is 0. The van der Waals surface area contributed by atoms with Crippen molar-refractivity contribution in [2.24, 2.45) is 23.5 Å². The number of carbonyl (C=O) groups excluding carboxylic acids is 1. The minimum absolute atomic E-state index is 0.245. The Morgan fingerprint density at radius 3 is 2.33 bits per heavy atom. The topological polar surface area (TPSA) is 46.3 Å². The van der Waals surface area contributed by atoms with Gasteiger partial charge in [-0.3, -0.25) is 4.79 Å². The molecule has 0 aromatic carbocycles. The van der Waals surface area contributed by atoms with Gasteiger partial charge in [-0.2, -0.15) is 0 Å². The van der Waals surface area contributed by atoms with E-state index in [1.54, 1.807) is 0 Å². The lowest BCUT2D eigenvalue weighted by molar-refractivity contribution is -0.134. The Balaban J connectivity index is 1.94. The van der Waals surface area contributed by atoms with Crippen LogP contribution in [-0.2, 0) is 4.79 Å². The average molecular weight is 268 g/mol. The predicted octanol–water partition coefficient (Wildman–Crippen LogP) is 2.34. The second kappa shape index (κ2) is 5.55. The number of carbonyl (C=O) groups is 1. The van der Waals surface area contributed by atoms with Gasteiger partial charge in [-0.25, -0.2) is 0 Å². The number of fused-ring (bicyclic) bond motifs is 1. The maximum Gasteiger partial charge on any atom is 0.226 e. The molecule has 2 N–H and O–H groups in total. The summed E-state index contributed by atoms with van der Waals surface area (Å²) in [6.45, 7) is 4.83. The smallest absolute Gasteiger partial charge is 0.226 e. The van der Waals surface area contributed by atoms with Crippen LogP contribution in [0.15, 0.2) is 0 Å². The molecule has 2 rings (SSSR count). The van der Waals surface area contributed by atoms with E-state index in [0.717, 1.165) is 0 Å². The third-order valence-corrected chi connectivity index (χ3v) is 4.65. The SMILES string of the molecule is CC(C)N(CCC(N)=S)C(=O)C1C2CCCCC21. The molecular weight excluding hydrogens is 244 g/mol. The molecule has 0 radical (unpaired) electrons. The maximum atomic E-state index is 12.6. The summed E-state index contributed by atoms with van der Waals surface area (Å²) < 4.78 is 0. The first-order valence-corrected chi connectivity index (χ1v) is 7.52. The van der Waals surface area contributed by atoms with Crippen LogP contribution in [0.3, 0.4) is 0 Å². The van der Waals surface area contributed by atoms with E-state index in [0.29, 0.717) is 41.6 Å². The Morgan fingerprint density at radius 2 is 1.89 bits per heavy atom. The largest absolute Gasteiger partial charge is 0.393 e. The van der Waals surface area contributed by atoms with Crippen LogP contribution in [0.25, 0.3) is 0 Å². The molecule has 2 aliphatic carbocycles. The molecule has 0 saturated heterocycles. The molecule has 4 heteroatoms. The number of hydrogen-bond donors (Lipinski definition) is 1. The van der Waals surface area contributed by atoms with Gasteiger partial charge in [0.1, 0.15) is 0 Å². The quantitative estimate of drug-likeness (QED) is 0.779. The van der Waals surface area contributed by atoms with Crippen molar-refractivity contribution in [1.29, 1.82) is 0 Å². The van der Waals surface area contributed by atoms with E-state index >= 15 is 0 Å². The van der Waals surface area contributed by atoms with E-state index in [9.17, 15) is 4.79 Å². The summed E-state index contributed by atoms with van der Waals surface area (Å²) in [5.74, 6) is 2.01. The van der Waals surface area contributed by atoms with Crippen molar-refractivity contribution in [2.75, 3.05) is 6.54 Å². The normalized spacial score (nSPS) is 29.8. The number of hydrogen-bond acceptors (Lipinski definition) is 2. The molecule has 0 heterocycles. The number of amides is 1. The molecule has 2 unspecified atom stereocenters. The van der Waals surface area contributed by atoms with E-state index < -0.39 is 0 Å². The lowest BCUT2D eigenvalue weighted by Gasteiger charge is -2.27. The van der Waals surface area contributed by atoms with Crippen LogP contribution in [0.5, 0.6) is 0 Å². The zero-order valence-electron chi connectivity index (χ0n) is 11.4. The molecule has 102 valence electrons. The van der Waals surface area contributed by atoms with Crippen molar-refractivity contribution in [3.8, 4) is 0 Å². The summed E-state index contributed by atoms with van der Waals surface area (Å²) >= 11 is 4.91. The van der Waals surface area contributed by atoms with Crippen LogP contribution in [-0.4, -0.2) is 28.4 Å². The molecular formula is C14H24N2OS. The zero-order chi connectivity index (χ0) is 13.3. The van der Waals surface area contributed by atoms with Crippen LogP contribution in [0.2, 0.25) is 0 Å². The Labute approximate surface area is 115 Å². The van der Waals surface area contributed by atoms with Crippen LogP contribution in [0.1, 0.15) is 46.0 Å². The summed E-state index contributed by atoms with van der Waals surface area (Å²) in [5.41, 5.74) is 5.54. The highest BCUT2D eigenvalue weighted by Crippen LogP contribution is 2.56. The Hall–Kier alpha value is -0.640. The summed E-state index contributed by atoms with van der Waals surface area (Å²) in [4.78, 5) is 15.0. The van der Waals surface area contributed by atoms with Crippen LogP contribution in [0, 0.1) is 17.8 Å². The third-order valence-electron chi connectivity index (χ3n) is 4.45. The molecule has 2 fully saturated rings. The summed E-state index contributed by atoms with van der Waals surface area (Å²) in [7, 11) is 0. The summed E-state index contributed by atoms with van der Waals surface area (Å²) in [6.07, 6.45) is 5.75. The van der Waals surface area contributed by atoms with Crippen molar-refractivity contribution >= 4 is 23.1 Å². The molecule has 0 spiro atoms. The van der Waals surface area contributed by atoms with Gasteiger partial charge in [0, 0.05) is 24.9 Å². The minimum Gasteiger partial charge on any atom is -0.393 e. The average Bonchev–Trinajstić information content (AvgIpc) is 3.02. The first kappa shape index (κ1) is 13.8. The van der Waals surface area contributed by atoms with Gasteiger partial charge in [0.2, 0.25) is 5.91 Å². The first-order valence-electron chi connectivity index (χ1n) is 7.11. The Morgan fingerprint density at radius 1 is 1.33 bits per heavy atom. The van der Waals surface area contributed by atoms with Gasteiger partial charge in [-0.05, 0) is 38.5 Å². The maximum absolute atomic E-state index is 12.6. The van der Waals surface area contributed by atoms with Crippen molar-refractivity contribution in [1.82, 2.24) is 4.90 Å². The molecule has 0 aromatic heterocycles. The van der Waals surface area contributed by atoms with Gasteiger partial charge in [0.05, 0.1) is 4.99 Å². The minimum atomic E-state index is 0.245. The molecule has 2 atom stereocenters. The molecule has 1 amide bonds. The third kappa shape index (κ3) is 2.85. The van der Waals surface area contributed by atoms with E-state index in [2.05, 4.69) is 13.8 Å². The number of nitrogens with two attached hydrogens (primary N) is 1. The van der Waals surface area contributed by atoms with Gasteiger partial charge in [0.25, 0.3) is 0 Å². The highest BCUT2D eigenvalue weighted by atomic mass is 32.1. The van der Waals surface area contributed by atoms with Gasteiger partial charge < -0.3 is 10.6 Å². The second-order valence-electron chi connectivity index (χ2n) is 5.98. The number of rotatable bonds is 5. The second-order valence-corrected chi connectivity index (χ2v) is 6.50. The van der Waals surface area contributed by atoms with Crippen molar-refractivity contribution < 1.29 is 4.79 Å². The lowest BCUT2D eigenvalue weighted by Crippen LogP contribution is -2.40. The highest BCUT2D eigenvalue weighted by Gasteiger charge is 2.55. The van der Waals surface area contributed by atoms with Gasteiger partial charge >= 0.3 is 0 Å². The number of nitrogens with zero attached hydrogens (tertiary/aromatic N) is 1. The number of thiocarbonyl (C=S) groups is 1. The summed E-state index contributed by atoms with van der Waals surface area (Å²) in [6, 6.07) is 0.245. The van der Waals surface area contributed by atoms with E-state index in [1.807, 2.05) is 4.90 Å². The molecule has 0 aromatic rings. The molecule has 2 saturated carbocycles. The predicted molar refractivity (Wildman–Crippen MR) is 77.2 cm³/mol. The molecule has 18 heavy (non-hydrogen) atoms. The molecule has 0 bridgehead atoms. The fourth-order valence-electron chi connectivity index (χ4n) is 3.40. The molecule has 2 aliphatic rings. The fraction of sp³-hybridized carbons (Fsp3) is 0.857. The first-order chi connectivity index (χ1) is 8.52. The van der Waals surface area contributed by atoms with Crippen molar-refractivity contribution in [3.63, 3.8) is 0 Å². The highest BCUT2D eigenvalue weighted by molar-refractivity contribution is 7.80. The van der Waals surface area contributed by atoms with Crippen LogP contribution in [0.4, 0.5) is 0 Å². The zero-order valence-corrected chi connectivity index (χ0v) is 12.2. The van der Waals surface area contributed by atoms with Gasteiger partial charge in [-0.15, -0.1) is 0 Å². The molecule has 0 aliphatic heterocycles. The lowest BCUT2D eigenvalue weighted by atomic mass is 10.0. The van der Waals surface area contributed by atoms with E-state index in [-0.39, 0.29) is 6.04 Å². The Kier molecular flexibility index (Phi) is 4.25. The van der Waals surface area contributed by atoms with E-state index in [1.165, 1.54) is 25.7 Å². The van der Waals surface area contributed by atoms with Gasteiger partial charge in [-0.1, -0.05) is 25.1 Å². The van der Waals surface area contributed by atoms with E-state index in [4.69, 9.17) is 18.0 Å². The van der Waals surface area contributed by atoms with Crippen LogP contribution >= 0.6 is 12.2 Å². The fourth-order valence-corrected chi connectivity index (χ4v) is 3.49. The van der Waals surface area contributed by atoms with Gasteiger partial charge in [0.15, 0.2) is 0 Å². The standard InChI is InChI=1S/C14H24N2OS/c1-9(2)16(8-7-12(15)18)14(17)13-10-5-3-4-6-11(10)13/h9-11,13H,3-8H2,1-2H3,(H2,15,18). The molecule has 3 nitrogen and oxygen atoms in total. The van der Waals surface area contributed by atoms with Crippen molar-refractivity contribution in [3.05, 3.63) is 0 Å². The van der Waals surface area contributed by atoms with Crippen molar-refractivity contribution in [2.45, 2.75) is 52.0 Å².